The third-order valence-corrected chi connectivity index (χ3v) is 30.9. The molecule has 0 spiro atoms. The van der Waals surface area contributed by atoms with E-state index in [1.54, 1.807) is 20.9 Å². The summed E-state index contributed by atoms with van der Waals surface area (Å²) >= 11 is 3.92. The first-order valence-electron chi connectivity index (χ1n) is 55.9. The molecule has 9 aromatic heterocycles. The summed E-state index contributed by atoms with van der Waals surface area (Å²) in [6.45, 7) is 89.9. The molecule has 10 heteroatoms. The zero-order valence-corrected chi connectivity index (χ0v) is 100. The van der Waals surface area contributed by atoms with Gasteiger partial charge < -0.3 is 4.42 Å². The summed E-state index contributed by atoms with van der Waals surface area (Å²) in [6, 6.07) is 73.6. The molecule has 0 saturated heterocycles. The number of hydrogen-bond donors (Lipinski definition) is 0. The molecule has 0 aliphatic heterocycles. The van der Waals surface area contributed by atoms with Crippen molar-refractivity contribution in [2.45, 2.75) is 395 Å². The second kappa shape index (κ2) is 57.2. The molecule has 0 N–H and O–H groups in total. The molecule has 18 aromatic rings. The van der Waals surface area contributed by atoms with Gasteiger partial charge in [0.2, 0.25) is 0 Å². The lowest BCUT2D eigenvalue weighted by molar-refractivity contribution is 0.511. The van der Waals surface area contributed by atoms with E-state index >= 15 is 0 Å². The van der Waals surface area contributed by atoms with Crippen molar-refractivity contribution in [1.82, 2.24) is 35.1 Å². The highest BCUT2D eigenvalue weighted by atomic mass is 32.1. The van der Waals surface area contributed by atoms with Crippen LogP contribution in [-0.4, -0.2) is 35.1 Å². The van der Waals surface area contributed by atoms with Crippen LogP contribution in [0.25, 0.3) is 85.4 Å². The van der Waals surface area contributed by atoms with Gasteiger partial charge in [-0.2, -0.15) is 10.2 Å². The van der Waals surface area contributed by atoms with Crippen LogP contribution in [-0.2, 0) is 0 Å². The Bertz CT molecular complexity index is 6430. The van der Waals surface area contributed by atoms with Crippen molar-refractivity contribution < 1.29 is 4.42 Å². The third-order valence-electron chi connectivity index (χ3n) is 27.9. The highest BCUT2D eigenvalue weighted by Crippen LogP contribution is 2.45. The van der Waals surface area contributed by atoms with Gasteiger partial charge in [-0.05, 0) is 295 Å². The van der Waals surface area contributed by atoms with Gasteiger partial charge in [-0.15, -0.1) is 22.7 Å². The summed E-state index contributed by atoms with van der Waals surface area (Å²) in [6.07, 6.45) is 17.1. The van der Waals surface area contributed by atoms with Crippen LogP contribution < -0.4 is 0 Å². The fourth-order valence-corrected chi connectivity index (χ4v) is 23.4. The molecule has 0 fully saturated rings. The van der Waals surface area contributed by atoms with Gasteiger partial charge >= 0.3 is 0 Å². The number of furan rings is 1. The SMILES string of the molecule is CC(C)c1cc2cccnc2cc1C(C)C.CC(C)c1ccc2ccccc2c1C(C)C.CC(C)c1ccc2cccnc2c1C(C)C.CC(C)c1ccc2ccncc2c1C(C)C.CC(C)c1ccc2ncccc2c1C(C)C.CC(C)c1ccncc1C(C)C.CC(C)c1cnncc1C(C)C.CC(C)c1oc2ccccc2c1C(C)C.CC(C)c1sc2ccccc2c1C(C)C.CC(C)c1sc2ccccc2c1C(C)C. The zero-order chi connectivity index (χ0) is 110. The van der Waals surface area contributed by atoms with E-state index in [0.717, 1.165) is 22.4 Å². The highest BCUT2D eigenvalue weighted by molar-refractivity contribution is 7.19. The predicted molar refractivity (Wildman–Crippen MR) is 659 cm³/mol. The van der Waals surface area contributed by atoms with Crippen LogP contribution in [0.3, 0.4) is 0 Å². The molecule has 0 aliphatic rings. The number of pyridine rings is 5. The minimum absolute atomic E-state index is 0.454. The van der Waals surface area contributed by atoms with E-state index in [1.807, 2.05) is 109 Å². The quantitative estimate of drug-likeness (QED) is 0.0743. The molecule has 0 radical (unpaired) electrons. The number of nitrogens with zero attached hydrogens (tertiary/aromatic N) is 7. The Morgan fingerprint density at radius 1 is 0.195 bits per heavy atom. The normalized spacial score (nSPS) is 11.6. The number of aromatic nitrogens is 7. The minimum atomic E-state index is 0.454. The Morgan fingerprint density at radius 2 is 0.537 bits per heavy atom. The number of hydrogen-bond acceptors (Lipinski definition) is 10. The number of para-hydroxylation sites is 1. The van der Waals surface area contributed by atoms with Crippen LogP contribution in [0.1, 0.15) is 505 Å². The van der Waals surface area contributed by atoms with Crippen molar-refractivity contribution in [3.05, 3.63) is 372 Å². The van der Waals surface area contributed by atoms with E-state index in [4.69, 9.17) is 4.42 Å². The van der Waals surface area contributed by atoms with Crippen LogP contribution in [0.4, 0.5) is 0 Å². The van der Waals surface area contributed by atoms with Crippen LogP contribution in [0.2, 0.25) is 0 Å². The van der Waals surface area contributed by atoms with Gasteiger partial charge in [0.1, 0.15) is 11.3 Å². The molecular formula is C139H183N7OS2. The Morgan fingerprint density at radius 3 is 0.987 bits per heavy atom. The van der Waals surface area contributed by atoms with Crippen LogP contribution in [0.5, 0.6) is 0 Å². The van der Waals surface area contributed by atoms with Crippen molar-refractivity contribution in [3.8, 4) is 0 Å². The van der Waals surface area contributed by atoms with Crippen molar-refractivity contribution in [2.24, 2.45) is 0 Å². The number of fused-ring (bicyclic) bond motifs is 8. The molecule has 9 heterocycles. The average Bonchev–Trinajstić information content (AvgIpc) is 1.66. The van der Waals surface area contributed by atoms with E-state index in [-0.39, 0.29) is 0 Å². The average molecular weight is 2030 g/mol. The maximum atomic E-state index is 5.92. The van der Waals surface area contributed by atoms with Crippen LogP contribution >= 0.6 is 22.7 Å². The van der Waals surface area contributed by atoms with Crippen molar-refractivity contribution in [2.75, 3.05) is 0 Å². The number of benzene rings is 9. The smallest absolute Gasteiger partial charge is 0.134 e. The lowest BCUT2D eigenvalue weighted by Gasteiger charge is -2.18. The van der Waals surface area contributed by atoms with Gasteiger partial charge in [0.05, 0.1) is 28.9 Å². The monoisotopic (exact) mass is 2030 g/mol. The Balaban J connectivity index is 0.000000184. The van der Waals surface area contributed by atoms with Gasteiger partial charge in [0.15, 0.2) is 0 Å². The van der Waals surface area contributed by atoms with Gasteiger partial charge in [0.25, 0.3) is 0 Å². The third kappa shape index (κ3) is 31.9. The molecule has 0 bridgehead atoms. The Kier molecular flexibility index (Phi) is 46.4. The first-order valence-corrected chi connectivity index (χ1v) is 57.5. The summed E-state index contributed by atoms with van der Waals surface area (Å²) < 4.78 is 8.79. The lowest BCUT2D eigenvalue weighted by Crippen LogP contribution is -2.00. The summed E-state index contributed by atoms with van der Waals surface area (Å²) in [5.41, 5.74) is 28.9. The number of rotatable bonds is 20. The maximum Gasteiger partial charge on any atom is 0.134 e. The molecule has 0 atom stereocenters. The van der Waals surface area contributed by atoms with Crippen molar-refractivity contribution in [3.63, 3.8) is 0 Å². The van der Waals surface area contributed by atoms with Crippen molar-refractivity contribution in [1.29, 1.82) is 0 Å². The van der Waals surface area contributed by atoms with E-state index in [0.29, 0.717) is 118 Å². The summed E-state index contributed by atoms with van der Waals surface area (Å²) in [4.78, 5) is 24.9. The number of thiophene rings is 2. The molecule has 792 valence electrons. The summed E-state index contributed by atoms with van der Waals surface area (Å²) in [7, 11) is 0. The molecule has 0 amide bonds. The van der Waals surface area contributed by atoms with Crippen LogP contribution in [0.15, 0.2) is 266 Å². The van der Waals surface area contributed by atoms with E-state index in [9.17, 15) is 0 Å². The van der Waals surface area contributed by atoms with Gasteiger partial charge in [-0.25, -0.2) is 0 Å². The predicted octanol–water partition coefficient (Wildman–Crippen LogP) is 44.0. The molecular weight excluding hydrogens is 1850 g/mol. The van der Waals surface area contributed by atoms with E-state index in [2.05, 4.69) is 488 Å². The standard InChI is InChI=1S/C16H20.4C15H19N.C14H18O.2C14H18S.C11H17N.C10H16N2/c1-11(2)14-10-9-13-7-5-6-8-15(13)16(14)12(3)4;1-10(2)13-6-5-12-7-8-16-9-14(12)15(13)11(3)4;1-10(2)12-7-8-14-13(6-5-9-16-14)15(12)11(3)4;1-10(2)13-8-7-12-6-5-9-16-15(12)14(13)11(3)4;1-10(2)13-8-12-6-5-7-16-15(12)9-14(13)11(3)4;3*1-9(2)13-11-7-5-6-8-12(11)15-14(13)10(3)4;1-8(2)10-5-6-12-7-11(10)9(3)4;1-7(2)9-5-11-12-6-10(9)8(3)4/h5-12H,1-4H3;4*5-11H,1-4H3;3*5-10H,1-4H3;5-9H,1-4H3;5-8H,1-4H3. The van der Waals surface area contributed by atoms with Crippen molar-refractivity contribution >= 4 is 108 Å². The van der Waals surface area contributed by atoms with Crippen LogP contribution in [0, 0.1) is 0 Å². The lowest BCUT2D eigenvalue weighted by atomic mass is 9.86. The Labute approximate surface area is 908 Å². The maximum absolute atomic E-state index is 5.92. The van der Waals surface area contributed by atoms with Gasteiger partial charge in [-0.1, -0.05) is 416 Å². The minimum Gasteiger partial charge on any atom is -0.460 e. The molecule has 8 nitrogen and oxygen atoms in total. The highest BCUT2D eigenvalue weighted by Gasteiger charge is 2.25. The summed E-state index contributed by atoms with van der Waals surface area (Å²) in [5, 5.41) is 21.2. The van der Waals surface area contributed by atoms with E-state index < -0.39 is 0 Å². The van der Waals surface area contributed by atoms with Gasteiger partial charge in [-0.3, -0.25) is 24.9 Å². The second-order valence-corrected chi connectivity index (χ2v) is 48.7. The van der Waals surface area contributed by atoms with Gasteiger partial charge in [0, 0.05) is 101 Å². The molecule has 0 unspecified atom stereocenters. The first kappa shape index (κ1) is 121. The fourth-order valence-electron chi connectivity index (χ4n) is 20.7. The molecule has 0 saturated carbocycles. The second-order valence-electron chi connectivity index (χ2n) is 46.5. The topological polar surface area (TPSA) is 103 Å². The molecule has 9 aromatic carbocycles. The summed E-state index contributed by atoms with van der Waals surface area (Å²) in [5.74, 6) is 12.5. The molecule has 149 heavy (non-hydrogen) atoms. The Hall–Kier alpha value is -11.4. The molecule has 18 rings (SSSR count). The zero-order valence-electron chi connectivity index (χ0n) is 98.7. The largest absolute Gasteiger partial charge is 0.460 e. The molecule has 0 aliphatic carbocycles. The fraction of sp³-hybridized carbons (Fsp3) is 0.432. The van der Waals surface area contributed by atoms with E-state index in [1.165, 1.54) is 152 Å². The first-order chi connectivity index (χ1) is 70.6.